The van der Waals surface area contributed by atoms with Crippen molar-refractivity contribution in [3.8, 4) is 28.0 Å². The zero-order chi connectivity index (χ0) is 31.1. The van der Waals surface area contributed by atoms with Gasteiger partial charge in [0, 0.05) is 20.5 Å². The average Bonchev–Trinajstić information content (AvgIpc) is 3.03. The molecule has 0 saturated heterocycles. The molecule has 0 aliphatic rings. The van der Waals surface area contributed by atoms with E-state index in [4.69, 9.17) is 9.05 Å². The summed E-state index contributed by atoms with van der Waals surface area (Å²) in [5.74, 6) is 1.55. The summed E-state index contributed by atoms with van der Waals surface area (Å²) in [6, 6.07) is 36.9. The largest absolute Gasteiger partial charge is 0.445 e. The molecule has 0 radical (unpaired) electrons. The van der Waals surface area contributed by atoms with Crippen LogP contribution < -0.4 is 4.52 Å². The molecule has 5 aromatic carbocycles. The summed E-state index contributed by atoms with van der Waals surface area (Å²) < 4.78 is 53.9. The molecule has 0 aliphatic carbocycles. The Balaban J connectivity index is 1.15. The molecule has 1 unspecified atom stereocenters. The summed E-state index contributed by atoms with van der Waals surface area (Å²) in [4.78, 5) is 0. The smallest absolute Gasteiger partial charge is 0.420 e. The quantitative estimate of drug-likeness (QED) is 0.117. The zero-order valence-electron chi connectivity index (χ0n) is 23.1. The van der Waals surface area contributed by atoms with Gasteiger partial charge in [-0.2, -0.15) is 20.5 Å². The molecule has 44 heavy (non-hydrogen) atoms. The SMILES string of the molecule is O=P(OCc1ccc(-c2ccc(Br)cc2)cc1)(Oc1ccc(CSCc2ccc(-c3ccc(Br)cc3)cc2)cc1Br)C(F)F. The predicted octanol–water partition coefficient (Wildman–Crippen LogP) is 12.8. The lowest BCUT2D eigenvalue weighted by Gasteiger charge is -2.19. The third kappa shape index (κ3) is 8.93. The molecule has 10 heteroatoms. The first kappa shape index (κ1) is 33.1. The molecule has 0 N–H and O–H groups in total. The molecule has 1 atom stereocenters. The third-order valence-corrected chi connectivity index (χ3v) is 10.8. The van der Waals surface area contributed by atoms with Gasteiger partial charge < -0.3 is 4.52 Å². The van der Waals surface area contributed by atoms with Crippen LogP contribution in [-0.4, -0.2) is 6.17 Å². The fraction of sp³-hybridized carbons (Fsp3) is 0.118. The minimum Gasteiger partial charge on any atom is -0.420 e. The van der Waals surface area contributed by atoms with Crippen molar-refractivity contribution in [1.29, 1.82) is 0 Å². The molecule has 0 saturated carbocycles. The predicted molar refractivity (Wildman–Crippen MR) is 187 cm³/mol. The second-order valence-corrected chi connectivity index (χ2v) is 15.4. The van der Waals surface area contributed by atoms with Crippen molar-refractivity contribution >= 4 is 67.1 Å². The van der Waals surface area contributed by atoms with Gasteiger partial charge in [-0.1, -0.05) is 111 Å². The first-order valence-corrected chi connectivity index (χ1v) is 18.6. The molecule has 226 valence electrons. The van der Waals surface area contributed by atoms with Crippen LogP contribution in [-0.2, 0) is 27.2 Å². The number of hydrogen-bond acceptors (Lipinski definition) is 4. The van der Waals surface area contributed by atoms with Crippen molar-refractivity contribution < 1.29 is 22.4 Å². The van der Waals surface area contributed by atoms with Crippen molar-refractivity contribution in [2.24, 2.45) is 0 Å². The maximum atomic E-state index is 13.9. The molecular formula is C34H26Br3F2O3PS. The fourth-order valence-electron chi connectivity index (χ4n) is 4.29. The van der Waals surface area contributed by atoms with E-state index in [1.165, 1.54) is 5.56 Å². The van der Waals surface area contributed by atoms with Gasteiger partial charge in [0.25, 0.3) is 0 Å². The van der Waals surface area contributed by atoms with Crippen LogP contribution in [0.3, 0.4) is 0 Å². The van der Waals surface area contributed by atoms with E-state index in [0.29, 0.717) is 15.8 Å². The third-order valence-electron chi connectivity index (χ3n) is 6.67. The van der Waals surface area contributed by atoms with Crippen LogP contribution in [0.1, 0.15) is 16.7 Å². The maximum absolute atomic E-state index is 13.9. The Hall–Kier alpha value is -2.26. The lowest BCUT2D eigenvalue weighted by atomic mass is 10.0. The van der Waals surface area contributed by atoms with E-state index in [9.17, 15) is 13.3 Å². The van der Waals surface area contributed by atoms with Gasteiger partial charge in [-0.15, -0.1) is 0 Å². The Kier molecular flexibility index (Phi) is 11.6. The highest BCUT2D eigenvalue weighted by Crippen LogP contribution is 2.56. The number of halogens is 5. The minimum absolute atomic E-state index is 0.0384. The molecular weight excluding hydrogens is 797 g/mol. The van der Waals surface area contributed by atoms with Crippen LogP contribution in [0.4, 0.5) is 8.78 Å². The van der Waals surface area contributed by atoms with Crippen molar-refractivity contribution in [3.63, 3.8) is 0 Å². The first-order chi connectivity index (χ1) is 21.2. The summed E-state index contributed by atoms with van der Waals surface area (Å²) in [6.45, 7) is -0.279. The van der Waals surface area contributed by atoms with E-state index < -0.39 is 13.8 Å². The topological polar surface area (TPSA) is 35.5 Å². The zero-order valence-corrected chi connectivity index (χ0v) is 29.6. The lowest BCUT2D eigenvalue weighted by molar-refractivity contribution is 0.155. The maximum Gasteiger partial charge on any atom is 0.445 e. The highest BCUT2D eigenvalue weighted by atomic mass is 79.9. The molecule has 0 aromatic heterocycles. The normalized spacial score (nSPS) is 12.7. The number of rotatable bonds is 12. The van der Waals surface area contributed by atoms with Gasteiger partial charge in [-0.3, -0.25) is 4.52 Å². The molecule has 0 aliphatic heterocycles. The second-order valence-electron chi connectivity index (χ2n) is 9.85. The Morgan fingerprint density at radius 2 is 1.05 bits per heavy atom. The summed E-state index contributed by atoms with van der Waals surface area (Å²) >= 11 is 12.0. The molecule has 5 aromatic rings. The van der Waals surface area contributed by atoms with Crippen LogP contribution in [0.2, 0.25) is 0 Å². The van der Waals surface area contributed by atoms with Gasteiger partial charge in [-0.25, -0.2) is 4.57 Å². The summed E-state index contributed by atoms with van der Waals surface area (Å²) in [5, 5.41) is 0. The first-order valence-electron chi connectivity index (χ1n) is 13.5. The van der Waals surface area contributed by atoms with E-state index in [1.54, 1.807) is 42.1 Å². The lowest BCUT2D eigenvalue weighted by Crippen LogP contribution is -2.07. The summed E-state index contributed by atoms with van der Waals surface area (Å²) in [6.07, 6.45) is -3.30. The summed E-state index contributed by atoms with van der Waals surface area (Å²) in [7, 11) is -4.76. The molecule has 5 rings (SSSR count). The average molecular weight is 823 g/mol. The summed E-state index contributed by atoms with van der Waals surface area (Å²) in [5.41, 5.74) is 7.07. The number of thioether (sulfide) groups is 1. The Morgan fingerprint density at radius 3 is 1.52 bits per heavy atom. The van der Waals surface area contributed by atoms with Crippen LogP contribution >= 0.6 is 67.1 Å². The molecule has 0 spiro atoms. The van der Waals surface area contributed by atoms with Gasteiger partial charge in [0.1, 0.15) is 5.75 Å². The van der Waals surface area contributed by atoms with Crippen molar-refractivity contribution in [1.82, 2.24) is 0 Å². The highest BCUT2D eigenvalue weighted by molar-refractivity contribution is 9.11. The molecule has 0 fully saturated rings. The highest BCUT2D eigenvalue weighted by Gasteiger charge is 2.39. The van der Waals surface area contributed by atoms with Gasteiger partial charge in [0.05, 0.1) is 11.1 Å². The van der Waals surface area contributed by atoms with E-state index in [0.717, 1.165) is 42.5 Å². The second kappa shape index (κ2) is 15.4. The monoisotopic (exact) mass is 820 g/mol. The van der Waals surface area contributed by atoms with Crippen molar-refractivity contribution in [2.75, 3.05) is 0 Å². The van der Waals surface area contributed by atoms with Crippen molar-refractivity contribution in [3.05, 3.63) is 145 Å². The number of benzene rings is 5. The molecule has 0 heterocycles. The molecule has 3 nitrogen and oxygen atoms in total. The molecule has 0 amide bonds. The Labute approximate surface area is 285 Å². The van der Waals surface area contributed by atoms with E-state index in [1.807, 2.05) is 48.5 Å². The van der Waals surface area contributed by atoms with E-state index in [2.05, 4.69) is 84.2 Å². The van der Waals surface area contributed by atoms with Crippen molar-refractivity contribution in [2.45, 2.75) is 24.3 Å². The fourth-order valence-corrected chi connectivity index (χ4v) is 7.40. The van der Waals surface area contributed by atoms with E-state index in [-0.39, 0.29) is 12.4 Å². The van der Waals surface area contributed by atoms with E-state index >= 15 is 0 Å². The molecule has 0 bridgehead atoms. The van der Waals surface area contributed by atoms with Crippen LogP contribution in [0.25, 0.3) is 22.3 Å². The van der Waals surface area contributed by atoms with Gasteiger partial charge in [-0.05, 0) is 91.3 Å². The van der Waals surface area contributed by atoms with Crippen LogP contribution in [0.5, 0.6) is 5.75 Å². The number of alkyl halides is 2. The Morgan fingerprint density at radius 1 is 0.614 bits per heavy atom. The standard InChI is InChI=1S/C34H26Br3F2O3PS/c35-30-14-10-28(11-15-30)26-6-1-23(2-7-26)20-41-43(40,34(38)39)42-33-18-5-25(19-32(33)37)22-44-21-24-3-8-27(9-4-24)29-12-16-31(36)17-13-29/h1-19,34H,20-22H2. The van der Waals surface area contributed by atoms with Gasteiger partial charge >= 0.3 is 13.8 Å². The number of hydrogen-bond donors (Lipinski definition) is 0. The van der Waals surface area contributed by atoms with Crippen LogP contribution in [0, 0.1) is 0 Å². The minimum atomic E-state index is -4.76. The van der Waals surface area contributed by atoms with Gasteiger partial charge in [0.15, 0.2) is 0 Å². The van der Waals surface area contributed by atoms with Crippen LogP contribution in [0.15, 0.2) is 129 Å². The van der Waals surface area contributed by atoms with Gasteiger partial charge in [0.2, 0.25) is 0 Å². The Bertz CT molecular complexity index is 1730.